The number of allylic oxidation sites excluding steroid dienone is 2. The van der Waals surface area contributed by atoms with Crippen molar-refractivity contribution < 1.29 is 34.5 Å². The fourth-order valence-corrected chi connectivity index (χ4v) is 8.06. The van der Waals surface area contributed by atoms with E-state index >= 15 is 0 Å². The zero-order valence-electron chi connectivity index (χ0n) is 24.6. The van der Waals surface area contributed by atoms with E-state index in [-0.39, 0.29) is 59.9 Å². The Morgan fingerprint density at radius 3 is 1.73 bits per heavy atom. The monoisotopic (exact) mass is 606 g/mol. The molecule has 1 saturated carbocycles. The highest BCUT2D eigenvalue weighted by atomic mass is 16.3. The lowest BCUT2D eigenvalue weighted by Crippen LogP contribution is -2.43. The van der Waals surface area contributed by atoms with Crippen molar-refractivity contribution in [2.24, 2.45) is 29.6 Å². The summed E-state index contributed by atoms with van der Waals surface area (Å²) in [4.78, 5) is 58.2. The fourth-order valence-electron chi connectivity index (χ4n) is 8.06. The van der Waals surface area contributed by atoms with Crippen LogP contribution in [0.3, 0.4) is 0 Å². The molecule has 4 amide bonds. The molecule has 6 atom stereocenters. The van der Waals surface area contributed by atoms with Crippen molar-refractivity contribution in [1.29, 1.82) is 0 Å². The second kappa shape index (κ2) is 11.2. The summed E-state index contributed by atoms with van der Waals surface area (Å²) in [6.45, 7) is 0.419. The molecule has 230 valence electrons. The van der Waals surface area contributed by atoms with Crippen LogP contribution < -0.4 is 0 Å². The highest BCUT2D eigenvalue weighted by Crippen LogP contribution is 2.58. The van der Waals surface area contributed by atoms with E-state index in [1.165, 1.54) is 9.80 Å². The molecule has 0 unspecified atom stereocenters. The molecule has 0 radical (unpaired) electrons. The number of rotatable bonds is 7. The summed E-state index contributed by atoms with van der Waals surface area (Å²) < 4.78 is 0. The van der Waals surface area contributed by atoms with Crippen molar-refractivity contribution in [3.8, 4) is 17.2 Å². The Hall–Kier alpha value is -4.92. The lowest BCUT2D eigenvalue weighted by Gasteiger charge is -2.44. The van der Waals surface area contributed by atoms with Crippen LogP contribution in [0.5, 0.6) is 17.2 Å². The molecule has 4 aliphatic rings. The van der Waals surface area contributed by atoms with Gasteiger partial charge in [-0.25, -0.2) is 0 Å². The smallest absolute Gasteiger partial charge is 0.234 e. The van der Waals surface area contributed by atoms with Crippen LogP contribution in [-0.4, -0.2) is 61.8 Å². The maximum Gasteiger partial charge on any atom is 0.234 e. The molecule has 3 N–H and O–H groups in total. The van der Waals surface area contributed by atoms with Crippen molar-refractivity contribution in [2.75, 3.05) is 13.1 Å². The van der Waals surface area contributed by atoms with Crippen molar-refractivity contribution in [3.05, 3.63) is 101 Å². The molecule has 9 nitrogen and oxygen atoms in total. The number of hydrogen-bond donors (Lipinski definition) is 3. The van der Waals surface area contributed by atoms with Crippen molar-refractivity contribution in [3.63, 3.8) is 0 Å². The topological polar surface area (TPSA) is 135 Å². The van der Waals surface area contributed by atoms with E-state index in [1.807, 2.05) is 12.1 Å². The zero-order valence-corrected chi connectivity index (χ0v) is 24.6. The number of carbonyl (C=O) groups excluding carboxylic acids is 4. The van der Waals surface area contributed by atoms with E-state index in [9.17, 15) is 34.5 Å². The quantitative estimate of drug-likeness (QED) is 0.274. The van der Waals surface area contributed by atoms with Crippen molar-refractivity contribution in [2.45, 2.75) is 31.6 Å². The Balaban J connectivity index is 1.19. The Kier molecular flexibility index (Phi) is 7.19. The minimum atomic E-state index is -0.670. The predicted octanol–water partition coefficient (Wildman–Crippen LogP) is 3.92. The van der Waals surface area contributed by atoms with Crippen LogP contribution >= 0.6 is 0 Å². The Bertz CT molecular complexity index is 1710. The minimum Gasteiger partial charge on any atom is -0.508 e. The lowest BCUT2D eigenvalue weighted by atomic mass is 9.57. The van der Waals surface area contributed by atoms with Crippen LogP contribution in [-0.2, 0) is 32.0 Å². The molecular weight excluding hydrogens is 572 g/mol. The van der Waals surface area contributed by atoms with Crippen molar-refractivity contribution in [1.82, 2.24) is 9.80 Å². The van der Waals surface area contributed by atoms with Gasteiger partial charge in [-0.1, -0.05) is 48.0 Å². The molecule has 2 saturated heterocycles. The van der Waals surface area contributed by atoms with Crippen LogP contribution in [0, 0.1) is 29.6 Å². The molecule has 3 aromatic carbocycles. The molecule has 3 aromatic rings. The van der Waals surface area contributed by atoms with Crippen LogP contribution in [0.25, 0.3) is 0 Å². The fraction of sp³-hybridized carbons (Fsp3) is 0.333. The molecule has 2 aliphatic heterocycles. The number of hydrogen-bond acceptors (Lipinski definition) is 7. The number of aromatic hydroxyl groups is 3. The van der Waals surface area contributed by atoms with Crippen LogP contribution in [0.4, 0.5) is 0 Å². The number of fused-ring (bicyclic) bond motifs is 4. The van der Waals surface area contributed by atoms with Gasteiger partial charge in [0, 0.05) is 19.0 Å². The SMILES string of the molecule is O=C1[C@H]2[C@H](CC=C3[C@H]2C[C@H]2C(=O)N(CCc4ccc(O)cc4)C(=O)[C@H]2[C@H]3c2cccc(O)c2)C(=O)N1CCc1ccc(O)cc1. The molecule has 0 spiro atoms. The number of imide groups is 2. The number of nitrogens with zero attached hydrogens (tertiary/aromatic N) is 2. The number of amides is 4. The average Bonchev–Trinajstić information content (AvgIpc) is 3.42. The maximum atomic E-state index is 14.0. The highest BCUT2D eigenvalue weighted by Gasteiger charge is 2.61. The lowest BCUT2D eigenvalue weighted by molar-refractivity contribution is -0.142. The van der Waals surface area contributed by atoms with Crippen molar-refractivity contribution >= 4 is 23.6 Å². The van der Waals surface area contributed by atoms with Gasteiger partial charge in [0.2, 0.25) is 23.6 Å². The Morgan fingerprint density at radius 2 is 1.16 bits per heavy atom. The largest absolute Gasteiger partial charge is 0.508 e. The van der Waals surface area contributed by atoms with E-state index in [0.717, 1.165) is 16.7 Å². The van der Waals surface area contributed by atoms with Gasteiger partial charge in [0.25, 0.3) is 0 Å². The number of likely N-dealkylation sites (tertiary alicyclic amines) is 2. The third kappa shape index (κ3) is 4.96. The molecule has 3 fully saturated rings. The van der Waals surface area contributed by atoms with E-state index in [4.69, 9.17) is 0 Å². The van der Waals surface area contributed by atoms with Gasteiger partial charge in [0.15, 0.2) is 0 Å². The predicted molar refractivity (Wildman–Crippen MR) is 163 cm³/mol. The molecule has 0 bridgehead atoms. The third-order valence-corrected chi connectivity index (χ3v) is 10.2. The first kappa shape index (κ1) is 28.8. The van der Waals surface area contributed by atoms with Gasteiger partial charge >= 0.3 is 0 Å². The first-order valence-electron chi connectivity index (χ1n) is 15.5. The van der Waals surface area contributed by atoms with Gasteiger partial charge in [0.05, 0.1) is 23.7 Å². The van der Waals surface area contributed by atoms with Gasteiger partial charge in [-0.3, -0.25) is 29.0 Å². The summed E-state index contributed by atoms with van der Waals surface area (Å²) in [5.41, 5.74) is 3.39. The second-order valence-electron chi connectivity index (χ2n) is 12.6. The summed E-state index contributed by atoms with van der Waals surface area (Å²) in [5, 5.41) is 29.6. The third-order valence-electron chi connectivity index (χ3n) is 10.2. The highest BCUT2D eigenvalue weighted by molar-refractivity contribution is 6.08. The summed E-state index contributed by atoms with van der Waals surface area (Å²) in [6, 6.07) is 20.1. The van der Waals surface area contributed by atoms with E-state index in [0.29, 0.717) is 31.2 Å². The van der Waals surface area contributed by atoms with E-state index < -0.39 is 29.6 Å². The Labute approximate surface area is 260 Å². The van der Waals surface area contributed by atoms with Gasteiger partial charge in [-0.15, -0.1) is 0 Å². The van der Waals surface area contributed by atoms with Gasteiger partial charge in [0.1, 0.15) is 17.2 Å². The number of carbonyl (C=O) groups is 4. The average molecular weight is 607 g/mol. The molecule has 2 heterocycles. The molecule has 7 rings (SSSR count). The van der Waals surface area contributed by atoms with Crippen LogP contribution in [0.15, 0.2) is 84.4 Å². The second-order valence-corrected chi connectivity index (χ2v) is 12.6. The first-order chi connectivity index (χ1) is 21.7. The standard InChI is InChI=1S/C36H34N2O7/c39-23-8-4-20(5-9-23)14-16-37-33(42)27-13-12-26-28(31(27)35(37)44)19-29-32(30(26)22-2-1-3-25(41)18-22)36(45)38(34(29)43)17-15-21-6-10-24(40)11-7-21/h1-12,18,27-32,39-41H,13-17,19H2/t27-,28+,29+,30-,31-,32+/m0/s1. The first-order valence-corrected chi connectivity index (χ1v) is 15.5. The summed E-state index contributed by atoms with van der Waals surface area (Å²) in [5.74, 6) is -4.01. The normalized spacial score (nSPS) is 27.3. The minimum absolute atomic E-state index is 0.0499. The molecule has 0 aromatic heterocycles. The zero-order chi connectivity index (χ0) is 31.4. The van der Waals surface area contributed by atoms with E-state index in [1.54, 1.807) is 66.7 Å². The molecule has 45 heavy (non-hydrogen) atoms. The summed E-state index contributed by atoms with van der Waals surface area (Å²) in [7, 11) is 0. The Morgan fingerprint density at radius 1 is 0.600 bits per heavy atom. The molecular formula is C36H34N2O7. The van der Waals surface area contributed by atoms with Gasteiger partial charge in [-0.2, -0.15) is 0 Å². The number of phenolic OH excluding ortho intramolecular Hbond substituents is 3. The number of benzene rings is 3. The van der Waals surface area contributed by atoms with Crippen LogP contribution in [0.2, 0.25) is 0 Å². The summed E-state index contributed by atoms with van der Waals surface area (Å²) in [6.07, 6.45) is 3.58. The van der Waals surface area contributed by atoms with Gasteiger partial charge < -0.3 is 15.3 Å². The number of phenols is 3. The summed E-state index contributed by atoms with van der Waals surface area (Å²) >= 11 is 0. The maximum absolute atomic E-state index is 14.0. The van der Waals surface area contributed by atoms with E-state index in [2.05, 4.69) is 0 Å². The molecule has 9 heteroatoms. The van der Waals surface area contributed by atoms with Crippen LogP contribution in [0.1, 0.15) is 35.4 Å². The van der Waals surface area contributed by atoms with Gasteiger partial charge in [-0.05, 0) is 84.7 Å². The molecule has 2 aliphatic carbocycles.